The molecular formula is C57H37N3. The van der Waals surface area contributed by atoms with Gasteiger partial charge in [-0.15, -0.1) is 0 Å². The first kappa shape index (κ1) is 35.2. The molecule has 11 rings (SSSR count). The van der Waals surface area contributed by atoms with Crippen LogP contribution in [0.3, 0.4) is 0 Å². The van der Waals surface area contributed by atoms with Gasteiger partial charge in [0.1, 0.15) is 0 Å². The summed E-state index contributed by atoms with van der Waals surface area (Å²) in [6.45, 7) is 0. The Kier molecular flexibility index (Phi) is 8.83. The highest BCUT2D eigenvalue weighted by Gasteiger charge is 2.21. The van der Waals surface area contributed by atoms with Crippen molar-refractivity contribution in [2.75, 3.05) is 0 Å². The maximum absolute atomic E-state index is 5.40. The van der Waals surface area contributed by atoms with Crippen LogP contribution in [0, 0.1) is 0 Å². The van der Waals surface area contributed by atoms with Gasteiger partial charge in [0.05, 0.1) is 22.6 Å². The van der Waals surface area contributed by atoms with Crippen LogP contribution in [0.4, 0.5) is 0 Å². The Bertz CT molecular complexity index is 3190. The maximum Gasteiger partial charge on any atom is 0.160 e. The minimum Gasteiger partial charge on any atom is -0.247 e. The Hall–Kier alpha value is -8.01. The van der Waals surface area contributed by atoms with Crippen molar-refractivity contribution < 1.29 is 0 Å². The van der Waals surface area contributed by atoms with Gasteiger partial charge in [0.2, 0.25) is 0 Å². The van der Waals surface area contributed by atoms with Crippen molar-refractivity contribution >= 4 is 32.4 Å². The van der Waals surface area contributed by atoms with Crippen LogP contribution in [-0.2, 0) is 0 Å². The number of rotatable bonds is 7. The van der Waals surface area contributed by atoms with Crippen LogP contribution in [0.25, 0.3) is 111 Å². The fourth-order valence-corrected chi connectivity index (χ4v) is 8.51. The van der Waals surface area contributed by atoms with Crippen molar-refractivity contribution in [2.24, 2.45) is 0 Å². The van der Waals surface area contributed by atoms with E-state index in [1.807, 2.05) is 18.2 Å². The van der Waals surface area contributed by atoms with E-state index in [0.717, 1.165) is 77.9 Å². The number of benzene rings is 9. The Balaban J connectivity index is 1.12. The minimum absolute atomic E-state index is 0.680. The first-order chi connectivity index (χ1) is 29.7. The lowest BCUT2D eigenvalue weighted by molar-refractivity contribution is 1.18. The highest BCUT2D eigenvalue weighted by Crippen LogP contribution is 2.42. The molecule has 0 aliphatic heterocycles. The number of para-hydroxylation sites is 1. The third-order valence-electron chi connectivity index (χ3n) is 11.5. The predicted octanol–water partition coefficient (Wildman–Crippen LogP) is 15.0. The van der Waals surface area contributed by atoms with Gasteiger partial charge in [-0.05, 0) is 44.7 Å². The monoisotopic (exact) mass is 763 g/mol. The Labute approximate surface area is 349 Å². The molecule has 0 aliphatic rings. The molecule has 60 heavy (non-hydrogen) atoms. The molecule has 0 aliphatic carbocycles. The Morgan fingerprint density at radius 2 is 0.650 bits per heavy atom. The van der Waals surface area contributed by atoms with Crippen LogP contribution in [0.1, 0.15) is 0 Å². The molecule has 3 heteroatoms. The lowest BCUT2D eigenvalue weighted by Gasteiger charge is -2.18. The molecule has 2 aromatic heterocycles. The van der Waals surface area contributed by atoms with E-state index >= 15 is 0 Å². The van der Waals surface area contributed by atoms with Gasteiger partial charge in [-0.25, -0.2) is 15.0 Å². The molecule has 11 aromatic rings. The molecule has 0 saturated carbocycles. The largest absolute Gasteiger partial charge is 0.247 e. The summed E-state index contributed by atoms with van der Waals surface area (Å²) in [5.74, 6) is 0.680. The maximum atomic E-state index is 5.40. The summed E-state index contributed by atoms with van der Waals surface area (Å²) in [7, 11) is 0. The summed E-state index contributed by atoms with van der Waals surface area (Å²) in [6, 6.07) is 79.2. The van der Waals surface area contributed by atoms with E-state index < -0.39 is 0 Å². The smallest absolute Gasteiger partial charge is 0.160 e. The zero-order chi connectivity index (χ0) is 39.8. The average Bonchev–Trinajstić information content (AvgIpc) is 3.34. The molecule has 0 amide bonds. The van der Waals surface area contributed by atoms with Gasteiger partial charge in [0.25, 0.3) is 0 Å². The number of pyridine rings is 1. The zero-order valence-electron chi connectivity index (χ0n) is 32.7. The van der Waals surface area contributed by atoms with Gasteiger partial charge < -0.3 is 0 Å². The molecule has 0 bridgehead atoms. The lowest BCUT2D eigenvalue weighted by Crippen LogP contribution is -2.01. The molecule has 3 nitrogen and oxygen atoms in total. The van der Waals surface area contributed by atoms with Gasteiger partial charge in [-0.3, -0.25) is 0 Å². The number of aromatic nitrogens is 3. The molecule has 0 N–H and O–H groups in total. The lowest BCUT2D eigenvalue weighted by atomic mass is 9.91. The average molecular weight is 764 g/mol. The summed E-state index contributed by atoms with van der Waals surface area (Å²) in [5.41, 5.74) is 14.4. The summed E-state index contributed by atoms with van der Waals surface area (Å²) in [5, 5.41) is 5.97. The second-order valence-corrected chi connectivity index (χ2v) is 15.1. The van der Waals surface area contributed by atoms with Crippen LogP contribution in [-0.4, -0.2) is 15.0 Å². The number of fused-ring (bicyclic) bond motifs is 5. The molecule has 0 spiro atoms. The quantitative estimate of drug-likeness (QED) is 0.152. The van der Waals surface area contributed by atoms with Crippen molar-refractivity contribution in [1.82, 2.24) is 15.0 Å². The van der Waals surface area contributed by atoms with Gasteiger partial charge in [0, 0.05) is 44.0 Å². The fraction of sp³-hybridized carbons (Fsp3) is 0. The van der Waals surface area contributed by atoms with Crippen molar-refractivity contribution in [2.45, 2.75) is 0 Å². The van der Waals surface area contributed by atoms with Crippen molar-refractivity contribution in [1.29, 1.82) is 0 Å². The summed E-state index contributed by atoms with van der Waals surface area (Å²) >= 11 is 0. The van der Waals surface area contributed by atoms with E-state index in [9.17, 15) is 0 Å². The molecular weight excluding hydrogens is 727 g/mol. The predicted molar refractivity (Wildman–Crippen MR) is 250 cm³/mol. The van der Waals surface area contributed by atoms with Gasteiger partial charge >= 0.3 is 0 Å². The van der Waals surface area contributed by atoms with Gasteiger partial charge in [-0.2, -0.15) is 0 Å². The Morgan fingerprint density at radius 3 is 1.22 bits per heavy atom. The van der Waals surface area contributed by atoms with Crippen molar-refractivity contribution in [3.05, 3.63) is 224 Å². The van der Waals surface area contributed by atoms with Crippen molar-refractivity contribution in [3.8, 4) is 78.5 Å². The molecule has 0 unspecified atom stereocenters. The molecule has 0 atom stereocenters. The van der Waals surface area contributed by atoms with Crippen LogP contribution in [0.2, 0.25) is 0 Å². The van der Waals surface area contributed by atoms with Crippen molar-refractivity contribution in [3.63, 3.8) is 0 Å². The van der Waals surface area contributed by atoms with Crippen LogP contribution < -0.4 is 0 Å². The van der Waals surface area contributed by atoms with Gasteiger partial charge in [0.15, 0.2) is 5.82 Å². The zero-order valence-corrected chi connectivity index (χ0v) is 32.7. The third-order valence-corrected chi connectivity index (χ3v) is 11.5. The first-order valence-electron chi connectivity index (χ1n) is 20.4. The van der Waals surface area contributed by atoms with E-state index in [-0.39, 0.29) is 0 Å². The molecule has 0 saturated heterocycles. The molecule has 2 heterocycles. The van der Waals surface area contributed by atoms with Gasteiger partial charge in [-0.1, -0.05) is 218 Å². The molecule has 9 aromatic carbocycles. The van der Waals surface area contributed by atoms with E-state index in [1.165, 1.54) is 27.3 Å². The Morgan fingerprint density at radius 1 is 0.233 bits per heavy atom. The standard InChI is InChI=1S/C57H37N3/c1-4-14-38(15-5-1)40-24-30-45(31-25-40)55-52(56(60-57(59-55)47-19-8-3-9-20-47)46-32-26-41(27-33-46)39-16-6-2-7-17-39)43-28-34-44(35-29-43)54-50-37-36-42-18-10-11-21-48(42)53(50)49-22-12-13-23-51(49)58-54/h1-37H. The normalized spacial score (nSPS) is 11.3. The van der Waals surface area contributed by atoms with Crippen LogP contribution in [0.5, 0.6) is 0 Å². The first-order valence-corrected chi connectivity index (χ1v) is 20.4. The minimum atomic E-state index is 0.680. The molecule has 280 valence electrons. The van der Waals surface area contributed by atoms with E-state index in [2.05, 4.69) is 206 Å². The number of hydrogen-bond acceptors (Lipinski definition) is 3. The fourth-order valence-electron chi connectivity index (χ4n) is 8.51. The van der Waals surface area contributed by atoms with E-state index in [4.69, 9.17) is 15.0 Å². The van der Waals surface area contributed by atoms with Crippen LogP contribution >= 0.6 is 0 Å². The number of nitrogens with zero attached hydrogens (tertiary/aromatic N) is 3. The molecule has 0 fully saturated rings. The van der Waals surface area contributed by atoms with E-state index in [1.54, 1.807) is 0 Å². The molecule has 0 radical (unpaired) electrons. The second kappa shape index (κ2) is 15.1. The highest BCUT2D eigenvalue weighted by molar-refractivity contribution is 6.22. The van der Waals surface area contributed by atoms with E-state index in [0.29, 0.717) is 5.82 Å². The second-order valence-electron chi connectivity index (χ2n) is 15.1. The number of hydrogen-bond donors (Lipinski definition) is 0. The third kappa shape index (κ3) is 6.39. The topological polar surface area (TPSA) is 38.7 Å². The van der Waals surface area contributed by atoms with Crippen LogP contribution in [0.15, 0.2) is 224 Å². The summed E-state index contributed by atoms with van der Waals surface area (Å²) in [6.07, 6.45) is 0. The highest BCUT2D eigenvalue weighted by atomic mass is 14.9. The summed E-state index contributed by atoms with van der Waals surface area (Å²) in [4.78, 5) is 16.1. The summed E-state index contributed by atoms with van der Waals surface area (Å²) < 4.78 is 0. The SMILES string of the molecule is c1ccc(-c2ccc(-c3nc(-c4ccccc4)nc(-c4ccc(-c5ccccc5)cc4)c3-c3ccc(-c4nc5ccccc5c5c4ccc4ccccc45)cc3)cc2)cc1.